The number of aliphatic carboxylic acids is 2. The van der Waals surface area contributed by atoms with E-state index >= 15 is 0 Å². The predicted octanol–water partition coefficient (Wildman–Crippen LogP) is 1.99. The van der Waals surface area contributed by atoms with Crippen molar-refractivity contribution in [3.05, 3.63) is 65.9 Å². The highest BCUT2D eigenvalue weighted by atomic mass is 35.5. The van der Waals surface area contributed by atoms with Crippen LogP contribution < -0.4 is 5.73 Å². The van der Waals surface area contributed by atoms with E-state index in [1.54, 1.807) is 36.4 Å². The first kappa shape index (κ1) is 24.4. The normalized spacial score (nSPS) is 13.4. The minimum atomic E-state index is -3.84. The fourth-order valence-corrected chi connectivity index (χ4v) is 4.26. The van der Waals surface area contributed by atoms with Crippen LogP contribution in [0, 0.1) is 6.92 Å². The molecule has 1 heterocycles. The quantitative estimate of drug-likeness (QED) is 0.454. The van der Waals surface area contributed by atoms with Gasteiger partial charge in [0.05, 0.1) is 17.0 Å². The lowest BCUT2D eigenvalue weighted by Gasteiger charge is -2.17. The average molecular weight is 469 g/mol. The van der Waals surface area contributed by atoms with Crippen molar-refractivity contribution in [2.24, 2.45) is 5.73 Å². The van der Waals surface area contributed by atoms with Gasteiger partial charge in [0, 0.05) is 11.6 Å². The number of fused-ring (bicyclic) bond motifs is 1. The summed E-state index contributed by atoms with van der Waals surface area (Å²) in [6, 6.07) is 11.2. The maximum atomic E-state index is 13.0. The SMILES string of the molecule is Cc1ccc(S(=O)(=O)n2ccc3ccc(CO[C@H](C(=O)O)[C@H](N)C(=O)O)cc32)cc1.Cl. The lowest BCUT2D eigenvalue weighted by molar-refractivity contribution is -0.159. The maximum Gasteiger partial charge on any atom is 0.335 e. The van der Waals surface area contributed by atoms with Crippen LogP contribution in [0.15, 0.2) is 59.6 Å². The fourth-order valence-electron chi connectivity index (χ4n) is 2.92. The number of ether oxygens (including phenoxy) is 1. The molecule has 0 bridgehead atoms. The molecule has 0 saturated carbocycles. The van der Waals surface area contributed by atoms with Crippen LogP contribution in [-0.2, 0) is 31.0 Å². The van der Waals surface area contributed by atoms with Crippen LogP contribution in [0.4, 0.5) is 0 Å². The van der Waals surface area contributed by atoms with Gasteiger partial charge in [-0.05, 0) is 36.8 Å². The Hall–Kier alpha value is -2.92. The topological polar surface area (TPSA) is 149 Å². The lowest BCUT2D eigenvalue weighted by atomic mass is 10.1. The van der Waals surface area contributed by atoms with Gasteiger partial charge in [0.2, 0.25) is 0 Å². The summed E-state index contributed by atoms with van der Waals surface area (Å²) in [6.07, 6.45) is -0.313. The molecule has 0 radical (unpaired) electrons. The monoisotopic (exact) mass is 468 g/mol. The molecule has 0 aliphatic rings. The van der Waals surface area contributed by atoms with Crippen molar-refractivity contribution in [2.75, 3.05) is 0 Å². The molecule has 0 aliphatic carbocycles. The molecule has 0 saturated heterocycles. The average Bonchev–Trinajstić information content (AvgIpc) is 3.12. The van der Waals surface area contributed by atoms with Gasteiger partial charge in [-0.1, -0.05) is 29.8 Å². The molecule has 31 heavy (non-hydrogen) atoms. The summed E-state index contributed by atoms with van der Waals surface area (Å²) in [5.41, 5.74) is 7.14. The number of aryl methyl sites for hydroxylation is 1. The number of halogens is 1. The van der Waals surface area contributed by atoms with E-state index < -0.39 is 34.1 Å². The van der Waals surface area contributed by atoms with Crippen molar-refractivity contribution in [3.63, 3.8) is 0 Å². The first-order valence-corrected chi connectivity index (χ1v) is 10.3. The number of aromatic nitrogens is 1. The second kappa shape index (κ2) is 9.48. The Bertz CT molecular complexity index is 1210. The van der Waals surface area contributed by atoms with Crippen molar-refractivity contribution in [3.8, 4) is 0 Å². The Morgan fingerprint density at radius 1 is 1.06 bits per heavy atom. The second-order valence-corrected chi connectivity index (χ2v) is 8.57. The molecule has 3 aromatic rings. The van der Waals surface area contributed by atoms with E-state index in [0.717, 1.165) is 9.54 Å². The maximum absolute atomic E-state index is 13.0. The van der Waals surface area contributed by atoms with E-state index in [1.807, 2.05) is 6.92 Å². The van der Waals surface area contributed by atoms with Crippen LogP contribution in [-0.4, -0.2) is 46.7 Å². The number of rotatable bonds is 8. The zero-order valence-electron chi connectivity index (χ0n) is 16.3. The predicted molar refractivity (Wildman–Crippen MR) is 115 cm³/mol. The molecule has 3 rings (SSSR count). The Labute approximate surface area is 184 Å². The summed E-state index contributed by atoms with van der Waals surface area (Å²) in [5, 5.41) is 18.7. The third kappa shape index (κ3) is 5.05. The van der Waals surface area contributed by atoms with Crippen molar-refractivity contribution in [2.45, 2.75) is 30.6 Å². The van der Waals surface area contributed by atoms with Gasteiger partial charge in [-0.2, -0.15) is 0 Å². The molecule has 4 N–H and O–H groups in total. The third-order valence-electron chi connectivity index (χ3n) is 4.58. The van der Waals surface area contributed by atoms with Crippen LogP contribution in [0.5, 0.6) is 0 Å². The summed E-state index contributed by atoms with van der Waals surface area (Å²) < 4.78 is 32.4. The number of hydrogen-bond donors (Lipinski definition) is 3. The molecule has 11 heteroatoms. The van der Waals surface area contributed by atoms with E-state index in [2.05, 4.69) is 0 Å². The lowest BCUT2D eigenvalue weighted by Crippen LogP contribution is -2.47. The molecule has 2 aromatic carbocycles. The number of nitrogens with zero attached hydrogens (tertiary/aromatic N) is 1. The van der Waals surface area contributed by atoms with Crippen molar-refractivity contribution < 1.29 is 33.0 Å². The Kier molecular flexibility index (Phi) is 7.45. The minimum absolute atomic E-state index is 0. The van der Waals surface area contributed by atoms with E-state index in [9.17, 15) is 18.0 Å². The summed E-state index contributed by atoms with van der Waals surface area (Å²) in [6.45, 7) is 1.60. The highest BCUT2D eigenvalue weighted by molar-refractivity contribution is 7.90. The third-order valence-corrected chi connectivity index (χ3v) is 6.29. The molecule has 0 spiro atoms. The van der Waals surface area contributed by atoms with Crippen LogP contribution >= 0.6 is 12.4 Å². The fraction of sp³-hybridized carbons (Fsp3) is 0.200. The molecule has 0 amide bonds. The first-order valence-electron chi connectivity index (χ1n) is 8.86. The Morgan fingerprint density at radius 3 is 2.29 bits per heavy atom. The molecule has 0 unspecified atom stereocenters. The van der Waals surface area contributed by atoms with Crippen LogP contribution in [0.25, 0.3) is 10.9 Å². The highest BCUT2D eigenvalue weighted by Crippen LogP contribution is 2.24. The van der Waals surface area contributed by atoms with E-state index in [-0.39, 0.29) is 23.9 Å². The van der Waals surface area contributed by atoms with Crippen LogP contribution in [0.2, 0.25) is 0 Å². The molecule has 0 aliphatic heterocycles. The zero-order chi connectivity index (χ0) is 22.1. The number of hydrogen-bond acceptors (Lipinski definition) is 6. The van der Waals surface area contributed by atoms with Gasteiger partial charge < -0.3 is 20.7 Å². The molecule has 1 aromatic heterocycles. The molecule has 9 nitrogen and oxygen atoms in total. The smallest absolute Gasteiger partial charge is 0.335 e. The van der Waals surface area contributed by atoms with Crippen molar-refractivity contribution >= 4 is 45.3 Å². The molecule has 166 valence electrons. The number of carboxylic acids is 2. The van der Waals surface area contributed by atoms with Gasteiger partial charge in [-0.25, -0.2) is 17.2 Å². The van der Waals surface area contributed by atoms with Crippen LogP contribution in [0.3, 0.4) is 0 Å². The number of benzene rings is 2. The van der Waals surface area contributed by atoms with Gasteiger partial charge in [0.15, 0.2) is 6.10 Å². The largest absolute Gasteiger partial charge is 0.480 e. The molecule has 2 atom stereocenters. The number of carboxylic acid groups (broad SMARTS) is 2. The van der Waals surface area contributed by atoms with Gasteiger partial charge in [0.25, 0.3) is 10.0 Å². The summed E-state index contributed by atoms with van der Waals surface area (Å²) >= 11 is 0. The summed E-state index contributed by atoms with van der Waals surface area (Å²) in [4.78, 5) is 22.4. The first-order chi connectivity index (χ1) is 14.1. The minimum Gasteiger partial charge on any atom is -0.480 e. The number of nitrogens with two attached hydrogens (primary N) is 1. The van der Waals surface area contributed by atoms with E-state index in [1.165, 1.54) is 18.3 Å². The summed E-state index contributed by atoms with van der Waals surface area (Å²) in [7, 11) is -3.84. The summed E-state index contributed by atoms with van der Waals surface area (Å²) in [5.74, 6) is -3.01. The molecular formula is C20H21ClN2O7S. The van der Waals surface area contributed by atoms with Gasteiger partial charge in [-0.3, -0.25) is 4.79 Å². The van der Waals surface area contributed by atoms with Crippen molar-refractivity contribution in [1.82, 2.24) is 3.97 Å². The Morgan fingerprint density at radius 2 is 1.71 bits per heavy atom. The van der Waals surface area contributed by atoms with Gasteiger partial charge >= 0.3 is 11.9 Å². The number of carbonyl (C=O) groups is 2. The van der Waals surface area contributed by atoms with Crippen LogP contribution in [0.1, 0.15) is 11.1 Å². The van der Waals surface area contributed by atoms with Gasteiger partial charge in [0.1, 0.15) is 6.04 Å². The van der Waals surface area contributed by atoms with Crippen molar-refractivity contribution in [1.29, 1.82) is 0 Å². The molecular weight excluding hydrogens is 448 g/mol. The second-order valence-electron chi connectivity index (χ2n) is 6.76. The standard InChI is InChI=1S/C20H20N2O7S.ClH/c1-12-2-6-15(7-3-12)30(27,28)22-9-8-14-5-4-13(10-16(14)22)11-29-18(20(25)26)17(21)19(23)24;/h2-10,17-18H,11,21H2,1H3,(H,23,24)(H,25,26);1H/t17-,18-;/m0./s1. The zero-order valence-corrected chi connectivity index (χ0v) is 18.0. The molecule has 0 fully saturated rings. The van der Waals surface area contributed by atoms with E-state index in [4.69, 9.17) is 20.7 Å². The Balaban J connectivity index is 0.00000341. The van der Waals surface area contributed by atoms with Gasteiger partial charge in [-0.15, -0.1) is 12.4 Å². The van der Waals surface area contributed by atoms with E-state index in [0.29, 0.717) is 16.5 Å². The highest BCUT2D eigenvalue weighted by Gasteiger charge is 2.31.